The van der Waals surface area contributed by atoms with Crippen LogP contribution in [-0.2, 0) is 11.2 Å². The lowest BCUT2D eigenvalue weighted by Gasteiger charge is -2.18. The van der Waals surface area contributed by atoms with E-state index in [4.69, 9.17) is 15.2 Å². The van der Waals surface area contributed by atoms with Gasteiger partial charge in [0.2, 0.25) is 0 Å². The Bertz CT molecular complexity index is 369. The van der Waals surface area contributed by atoms with Gasteiger partial charge in [0.25, 0.3) is 0 Å². The molecule has 3 nitrogen and oxygen atoms in total. The van der Waals surface area contributed by atoms with Crippen molar-refractivity contribution in [3.8, 4) is 5.75 Å². The number of para-hydroxylation sites is 1. The minimum atomic E-state index is -0.336. The van der Waals surface area contributed by atoms with Gasteiger partial charge in [-0.05, 0) is 31.9 Å². The Morgan fingerprint density at radius 1 is 1.33 bits per heavy atom. The molecule has 0 aliphatic carbocycles. The van der Waals surface area contributed by atoms with Crippen LogP contribution in [0.2, 0.25) is 0 Å². The summed E-state index contributed by atoms with van der Waals surface area (Å²) in [6.07, 6.45) is 1.24. The molecule has 1 rings (SSSR count). The zero-order valence-corrected chi connectivity index (χ0v) is 11.3. The summed E-state index contributed by atoms with van der Waals surface area (Å²) >= 11 is 0. The Morgan fingerprint density at radius 3 is 2.67 bits per heavy atom. The maximum absolute atomic E-state index is 13.8. The Hall–Kier alpha value is -1.13. The summed E-state index contributed by atoms with van der Waals surface area (Å²) in [5.41, 5.74) is 6.57. The van der Waals surface area contributed by atoms with Gasteiger partial charge in [0.05, 0.1) is 6.10 Å². The summed E-state index contributed by atoms with van der Waals surface area (Å²) < 4.78 is 24.4. The molecule has 0 aromatic heterocycles. The number of halogens is 1. The van der Waals surface area contributed by atoms with Crippen LogP contribution in [0, 0.1) is 5.82 Å². The number of benzene rings is 1. The number of hydrogen-bond donors (Lipinski definition) is 1. The molecule has 18 heavy (non-hydrogen) atoms. The molecule has 2 N–H and O–H groups in total. The predicted molar refractivity (Wildman–Crippen MR) is 70.3 cm³/mol. The van der Waals surface area contributed by atoms with Crippen LogP contribution in [0.4, 0.5) is 4.39 Å². The molecule has 0 saturated heterocycles. The van der Waals surface area contributed by atoms with Crippen molar-refractivity contribution in [1.29, 1.82) is 0 Å². The maximum atomic E-state index is 13.8. The lowest BCUT2D eigenvalue weighted by Crippen LogP contribution is -2.20. The summed E-state index contributed by atoms with van der Waals surface area (Å²) in [5, 5.41) is 0. The van der Waals surface area contributed by atoms with Crippen molar-refractivity contribution in [2.45, 2.75) is 38.8 Å². The van der Waals surface area contributed by atoms with E-state index in [9.17, 15) is 4.39 Å². The van der Waals surface area contributed by atoms with E-state index in [-0.39, 0.29) is 18.0 Å². The number of methoxy groups -OCH3 is 1. The van der Waals surface area contributed by atoms with Crippen LogP contribution >= 0.6 is 0 Å². The number of ether oxygens (including phenoxy) is 2. The highest BCUT2D eigenvalue weighted by Gasteiger charge is 2.14. The van der Waals surface area contributed by atoms with Gasteiger partial charge in [0, 0.05) is 26.2 Å². The second-order valence-electron chi connectivity index (χ2n) is 4.62. The zero-order valence-electron chi connectivity index (χ0n) is 11.3. The molecule has 0 amide bonds. The van der Waals surface area contributed by atoms with Gasteiger partial charge in [0.15, 0.2) is 11.6 Å². The monoisotopic (exact) mass is 255 g/mol. The zero-order chi connectivity index (χ0) is 13.5. The molecule has 0 bridgehead atoms. The Kier molecular flexibility index (Phi) is 6.09. The highest BCUT2D eigenvalue weighted by molar-refractivity contribution is 5.35. The normalized spacial score (nSPS) is 14.3. The molecule has 0 aliphatic heterocycles. The van der Waals surface area contributed by atoms with Gasteiger partial charge in [-0.25, -0.2) is 4.39 Å². The molecule has 4 heteroatoms. The van der Waals surface area contributed by atoms with E-state index in [0.29, 0.717) is 18.8 Å². The molecule has 1 aromatic carbocycles. The van der Waals surface area contributed by atoms with Crippen molar-refractivity contribution in [2.75, 3.05) is 13.7 Å². The molecule has 0 saturated carbocycles. The van der Waals surface area contributed by atoms with Crippen LogP contribution in [0.15, 0.2) is 18.2 Å². The summed E-state index contributed by atoms with van der Waals surface area (Å²) in [7, 11) is 1.64. The van der Waals surface area contributed by atoms with Crippen LogP contribution in [0.25, 0.3) is 0 Å². The topological polar surface area (TPSA) is 44.5 Å². The minimum absolute atomic E-state index is 0.0246. The van der Waals surface area contributed by atoms with E-state index in [0.717, 1.165) is 12.0 Å². The van der Waals surface area contributed by atoms with Crippen LogP contribution in [-0.4, -0.2) is 25.9 Å². The largest absolute Gasteiger partial charge is 0.487 e. The van der Waals surface area contributed by atoms with Gasteiger partial charge in [-0.1, -0.05) is 12.1 Å². The fourth-order valence-electron chi connectivity index (χ4n) is 1.74. The molecule has 102 valence electrons. The second kappa shape index (κ2) is 7.34. The first-order chi connectivity index (χ1) is 8.54. The molecule has 0 aliphatic rings. The fraction of sp³-hybridized carbons (Fsp3) is 0.571. The van der Waals surface area contributed by atoms with Crippen molar-refractivity contribution < 1.29 is 13.9 Å². The molecule has 2 atom stereocenters. The van der Waals surface area contributed by atoms with E-state index in [1.807, 2.05) is 19.9 Å². The molecular weight excluding hydrogens is 233 g/mol. The molecule has 1 aromatic rings. The van der Waals surface area contributed by atoms with E-state index in [1.54, 1.807) is 13.2 Å². The van der Waals surface area contributed by atoms with E-state index < -0.39 is 0 Å². The number of nitrogens with two attached hydrogens (primary N) is 1. The predicted octanol–water partition coefficient (Wildman–Crippen LogP) is 2.52. The quantitative estimate of drug-likeness (QED) is 0.814. The highest BCUT2D eigenvalue weighted by atomic mass is 19.1. The van der Waals surface area contributed by atoms with Crippen molar-refractivity contribution >= 4 is 0 Å². The van der Waals surface area contributed by atoms with Gasteiger partial charge >= 0.3 is 0 Å². The first-order valence-electron chi connectivity index (χ1n) is 6.23. The first kappa shape index (κ1) is 14.9. The maximum Gasteiger partial charge on any atom is 0.165 e. The van der Waals surface area contributed by atoms with E-state index in [2.05, 4.69) is 0 Å². The molecule has 2 unspecified atom stereocenters. The fourth-order valence-corrected chi connectivity index (χ4v) is 1.74. The van der Waals surface area contributed by atoms with Gasteiger partial charge in [-0.15, -0.1) is 0 Å². The van der Waals surface area contributed by atoms with Crippen LogP contribution in [0.3, 0.4) is 0 Å². The van der Waals surface area contributed by atoms with Gasteiger partial charge < -0.3 is 15.2 Å². The first-order valence-corrected chi connectivity index (χ1v) is 6.23. The lowest BCUT2D eigenvalue weighted by molar-refractivity contribution is 0.131. The average Bonchev–Trinajstić information content (AvgIpc) is 2.30. The van der Waals surface area contributed by atoms with E-state index in [1.165, 1.54) is 6.07 Å². The van der Waals surface area contributed by atoms with Crippen molar-refractivity contribution in [2.24, 2.45) is 5.73 Å². The van der Waals surface area contributed by atoms with Crippen molar-refractivity contribution in [1.82, 2.24) is 0 Å². The summed E-state index contributed by atoms with van der Waals surface area (Å²) in [6.45, 7) is 4.39. The van der Waals surface area contributed by atoms with E-state index >= 15 is 0 Å². The second-order valence-corrected chi connectivity index (χ2v) is 4.62. The standard InChI is InChI=1S/C14H22FNO2/c1-10(16)9-12-5-4-6-13(15)14(12)18-11(2)7-8-17-3/h4-6,10-11H,7-9,16H2,1-3H3. The summed E-state index contributed by atoms with van der Waals surface area (Å²) in [5.74, 6) is -0.0178. The third-order valence-corrected chi connectivity index (χ3v) is 2.64. The molecule has 0 heterocycles. The molecule has 0 spiro atoms. The SMILES string of the molecule is COCCC(C)Oc1c(F)cccc1CC(C)N. The average molecular weight is 255 g/mol. The minimum Gasteiger partial charge on any atom is -0.487 e. The van der Waals surface area contributed by atoms with Crippen LogP contribution in [0.5, 0.6) is 5.75 Å². The van der Waals surface area contributed by atoms with Crippen LogP contribution < -0.4 is 10.5 Å². The summed E-state index contributed by atoms with van der Waals surface area (Å²) in [6, 6.07) is 4.91. The molecule has 0 radical (unpaired) electrons. The Morgan fingerprint density at radius 2 is 2.06 bits per heavy atom. The Labute approximate surface area is 108 Å². The van der Waals surface area contributed by atoms with Gasteiger partial charge in [-0.2, -0.15) is 0 Å². The molecular formula is C14H22FNO2. The van der Waals surface area contributed by atoms with Gasteiger partial charge in [0.1, 0.15) is 0 Å². The smallest absolute Gasteiger partial charge is 0.165 e. The highest BCUT2D eigenvalue weighted by Crippen LogP contribution is 2.25. The number of rotatable bonds is 7. The van der Waals surface area contributed by atoms with Crippen molar-refractivity contribution in [3.05, 3.63) is 29.6 Å². The third kappa shape index (κ3) is 4.63. The summed E-state index contributed by atoms with van der Waals surface area (Å²) in [4.78, 5) is 0. The molecule has 0 fully saturated rings. The Balaban J connectivity index is 2.78. The van der Waals surface area contributed by atoms with Crippen LogP contribution in [0.1, 0.15) is 25.8 Å². The van der Waals surface area contributed by atoms with Gasteiger partial charge in [-0.3, -0.25) is 0 Å². The number of hydrogen-bond acceptors (Lipinski definition) is 3. The lowest BCUT2D eigenvalue weighted by atomic mass is 10.1. The third-order valence-electron chi connectivity index (χ3n) is 2.64. The van der Waals surface area contributed by atoms with Crippen molar-refractivity contribution in [3.63, 3.8) is 0 Å².